The number of pyridine rings is 1. The number of aldehydes is 1. The number of aliphatic hydroxyl groups is 1. The molecule has 27 heavy (non-hydrogen) atoms. The van der Waals surface area contributed by atoms with E-state index in [2.05, 4.69) is 9.88 Å². The maximum Gasteiger partial charge on any atom is 0.311 e. The van der Waals surface area contributed by atoms with Gasteiger partial charge in [0.25, 0.3) is 0 Å². The lowest BCUT2D eigenvalue weighted by Crippen LogP contribution is -2.42. The second kappa shape index (κ2) is 9.78. The van der Waals surface area contributed by atoms with Crippen LogP contribution in [0.15, 0.2) is 17.1 Å². The van der Waals surface area contributed by atoms with Gasteiger partial charge in [-0.1, -0.05) is 48.6 Å². The van der Waals surface area contributed by atoms with Crippen LogP contribution in [0.2, 0.25) is 5.02 Å². The second-order valence-electron chi connectivity index (χ2n) is 7.17. The number of likely N-dealkylation sites (tertiary alicyclic amines) is 1. The molecule has 0 radical (unpaired) electrons. The molecule has 0 amide bonds. The molecule has 6 nitrogen and oxygen atoms in total. The molecule has 1 fully saturated rings. The third kappa shape index (κ3) is 4.96. The van der Waals surface area contributed by atoms with Crippen LogP contribution in [-0.4, -0.2) is 45.5 Å². The maximum atomic E-state index is 12.5. The Morgan fingerprint density at radius 2 is 2.04 bits per heavy atom. The van der Waals surface area contributed by atoms with Crippen molar-refractivity contribution in [3.05, 3.63) is 27.0 Å². The standard InChI is InChI=1S/C19H26ClN3O3S/c20-15-11-16-18(21-12-15)27-19(26)23(16)17(13-25)22-8-6-14(7-9-22)5-3-1-2-4-10-24/h11-14,17,24H,1-10H2. The first-order valence-corrected chi connectivity index (χ1v) is 10.8. The highest BCUT2D eigenvalue weighted by Crippen LogP contribution is 2.28. The van der Waals surface area contributed by atoms with Gasteiger partial charge in [-0.2, -0.15) is 0 Å². The fourth-order valence-corrected chi connectivity index (χ4v) is 4.85. The first-order valence-electron chi connectivity index (χ1n) is 9.61. The predicted molar refractivity (Wildman–Crippen MR) is 108 cm³/mol. The molecule has 1 unspecified atom stereocenters. The molecule has 0 spiro atoms. The fraction of sp³-hybridized carbons (Fsp3) is 0.632. The Bertz CT molecular complexity index is 814. The van der Waals surface area contributed by atoms with Crippen molar-refractivity contribution in [2.75, 3.05) is 19.7 Å². The summed E-state index contributed by atoms with van der Waals surface area (Å²) >= 11 is 7.09. The van der Waals surface area contributed by atoms with E-state index in [1.165, 1.54) is 30.0 Å². The Kier molecular flexibility index (Phi) is 7.41. The van der Waals surface area contributed by atoms with Crippen LogP contribution < -0.4 is 4.87 Å². The maximum absolute atomic E-state index is 12.5. The summed E-state index contributed by atoms with van der Waals surface area (Å²) in [4.78, 5) is 31.1. The lowest BCUT2D eigenvalue weighted by atomic mass is 9.91. The lowest BCUT2D eigenvalue weighted by Gasteiger charge is -2.35. The Morgan fingerprint density at radius 3 is 2.74 bits per heavy atom. The average Bonchev–Trinajstić information content (AvgIpc) is 2.99. The van der Waals surface area contributed by atoms with Gasteiger partial charge in [0.1, 0.15) is 11.0 Å². The Hall–Kier alpha value is -1.28. The first-order chi connectivity index (χ1) is 13.1. The highest BCUT2D eigenvalue weighted by molar-refractivity contribution is 7.16. The molecule has 1 aliphatic heterocycles. The molecule has 148 valence electrons. The Morgan fingerprint density at radius 1 is 1.30 bits per heavy atom. The molecule has 2 aromatic rings. The van der Waals surface area contributed by atoms with Crippen LogP contribution >= 0.6 is 22.9 Å². The van der Waals surface area contributed by atoms with E-state index in [0.717, 1.165) is 56.4 Å². The number of fused-ring (bicyclic) bond motifs is 1. The lowest BCUT2D eigenvalue weighted by molar-refractivity contribution is -0.116. The van der Waals surface area contributed by atoms with Gasteiger partial charge in [0.15, 0.2) is 6.29 Å². The molecule has 8 heteroatoms. The van der Waals surface area contributed by atoms with Crippen LogP contribution in [0, 0.1) is 5.92 Å². The molecular weight excluding hydrogens is 386 g/mol. The number of carbonyl (C=O) groups excluding carboxylic acids is 1. The van der Waals surface area contributed by atoms with Gasteiger partial charge in [-0.25, -0.2) is 4.98 Å². The van der Waals surface area contributed by atoms with E-state index in [1.807, 2.05) is 0 Å². The minimum Gasteiger partial charge on any atom is -0.396 e. The number of piperidine rings is 1. The van der Waals surface area contributed by atoms with E-state index in [4.69, 9.17) is 16.7 Å². The van der Waals surface area contributed by atoms with E-state index < -0.39 is 6.17 Å². The topological polar surface area (TPSA) is 75.4 Å². The Balaban J connectivity index is 1.63. The molecule has 0 aromatic carbocycles. The van der Waals surface area contributed by atoms with Crippen LogP contribution in [0.25, 0.3) is 10.3 Å². The minimum atomic E-state index is -0.600. The average molecular weight is 412 g/mol. The smallest absolute Gasteiger partial charge is 0.311 e. The van der Waals surface area contributed by atoms with Crippen LogP contribution in [0.1, 0.15) is 51.1 Å². The summed E-state index contributed by atoms with van der Waals surface area (Å²) in [6.45, 7) is 1.90. The largest absolute Gasteiger partial charge is 0.396 e. The van der Waals surface area contributed by atoms with E-state index in [9.17, 15) is 9.59 Å². The number of hydrogen-bond acceptors (Lipinski definition) is 6. The number of unbranched alkanes of at least 4 members (excludes halogenated alkanes) is 3. The number of aliphatic hydroxyl groups excluding tert-OH is 1. The molecule has 0 bridgehead atoms. The third-order valence-corrected chi connectivity index (χ3v) is 6.45. The van der Waals surface area contributed by atoms with Crippen molar-refractivity contribution in [2.45, 2.75) is 51.1 Å². The molecular formula is C19H26ClN3O3S. The number of rotatable bonds is 9. The number of aromatic nitrogens is 2. The molecule has 1 saturated heterocycles. The van der Waals surface area contributed by atoms with Crippen LogP contribution in [0.5, 0.6) is 0 Å². The zero-order valence-electron chi connectivity index (χ0n) is 15.3. The van der Waals surface area contributed by atoms with Crippen molar-refractivity contribution >= 4 is 39.6 Å². The number of halogens is 1. The zero-order valence-corrected chi connectivity index (χ0v) is 16.9. The van der Waals surface area contributed by atoms with Gasteiger partial charge in [-0.05, 0) is 31.2 Å². The molecule has 3 heterocycles. The van der Waals surface area contributed by atoms with Crippen LogP contribution in [0.3, 0.4) is 0 Å². The van der Waals surface area contributed by atoms with Crippen molar-refractivity contribution in [2.24, 2.45) is 5.92 Å². The zero-order chi connectivity index (χ0) is 19.2. The van der Waals surface area contributed by atoms with Crippen molar-refractivity contribution in [3.8, 4) is 0 Å². The summed E-state index contributed by atoms with van der Waals surface area (Å²) in [6, 6.07) is 1.71. The van der Waals surface area contributed by atoms with Gasteiger partial charge in [0.2, 0.25) is 0 Å². The van der Waals surface area contributed by atoms with E-state index in [0.29, 0.717) is 21.3 Å². The molecule has 1 atom stereocenters. The third-order valence-electron chi connectivity index (χ3n) is 5.37. The number of hydrogen-bond donors (Lipinski definition) is 1. The van der Waals surface area contributed by atoms with Gasteiger partial charge < -0.3 is 5.11 Å². The predicted octanol–water partition coefficient (Wildman–Crippen LogP) is 3.46. The van der Waals surface area contributed by atoms with E-state index in [-0.39, 0.29) is 11.5 Å². The minimum absolute atomic E-state index is 0.178. The molecule has 0 aliphatic carbocycles. The summed E-state index contributed by atoms with van der Waals surface area (Å²) in [5.74, 6) is 0.676. The van der Waals surface area contributed by atoms with Crippen molar-refractivity contribution in [1.29, 1.82) is 0 Å². The highest BCUT2D eigenvalue weighted by atomic mass is 35.5. The molecule has 2 aromatic heterocycles. The summed E-state index contributed by atoms with van der Waals surface area (Å²) in [5.41, 5.74) is 0.626. The summed E-state index contributed by atoms with van der Waals surface area (Å²) in [6.07, 6.45) is 9.40. The monoisotopic (exact) mass is 411 g/mol. The SMILES string of the molecule is O=CC(N1CCC(CCCCCCO)CC1)n1c(=O)sc2ncc(Cl)cc21. The summed E-state index contributed by atoms with van der Waals surface area (Å²) < 4.78 is 1.53. The van der Waals surface area contributed by atoms with Crippen LogP contribution in [-0.2, 0) is 4.79 Å². The first kappa shape index (κ1) is 20.5. The molecule has 0 saturated carbocycles. The molecule has 1 aliphatic rings. The van der Waals surface area contributed by atoms with Gasteiger partial charge in [0, 0.05) is 25.9 Å². The van der Waals surface area contributed by atoms with Crippen molar-refractivity contribution in [3.63, 3.8) is 0 Å². The summed E-state index contributed by atoms with van der Waals surface area (Å²) in [5, 5.41) is 9.29. The van der Waals surface area contributed by atoms with Crippen molar-refractivity contribution < 1.29 is 9.90 Å². The quantitative estimate of drug-likeness (QED) is 0.505. The fourth-order valence-electron chi connectivity index (χ4n) is 3.86. The second-order valence-corrected chi connectivity index (χ2v) is 8.55. The Labute approximate surface area is 167 Å². The number of carbonyl (C=O) groups is 1. The highest BCUT2D eigenvalue weighted by Gasteiger charge is 2.28. The van der Waals surface area contributed by atoms with Crippen LogP contribution in [0.4, 0.5) is 0 Å². The number of thiazole rings is 1. The molecule has 1 N–H and O–H groups in total. The normalized spacial score (nSPS) is 17.4. The van der Waals surface area contributed by atoms with E-state index in [1.54, 1.807) is 6.07 Å². The van der Waals surface area contributed by atoms with Gasteiger partial charge in [-0.3, -0.25) is 19.1 Å². The van der Waals surface area contributed by atoms with Crippen molar-refractivity contribution in [1.82, 2.24) is 14.5 Å². The number of nitrogens with zero attached hydrogens (tertiary/aromatic N) is 3. The molecule has 3 rings (SSSR count). The van der Waals surface area contributed by atoms with Gasteiger partial charge >= 0.3 is 4.87 Å². The van der Waals surface area contributed by atoms with Gasteiger partial charge in [-0.15, -0.1) is 0 Å². The summed E-state index contributed by atoms with van der Waals surface area (Å²) in [7, 11) is 0. The van der Waals surface area contributed by atoms with E-state index >= 15 is 0 Å². The van der Waals surface area contributed by atoms with Gasteiger partial charge in [0.05, 0.1) is 10.5 Å².